The van der Waals surface area contributed by atoms with E-state index in [-0.39, 0.29) is 11.7 Å². The number of benzene rings is 1. The smallest absolute Gasteiger partial charge is 0.247 e. The van der Waals surface area contributed by atoms with Crippen molar-refractivity contribution in [3.8, 4) is 11.5 Å². The van der Waals surface area contributed by atoms with E-state index >= 15 is 0 Å². The lowest BCUT2D eigenvalue weighted by Gasteiger charge is -2.05. The van der Waals surface area contributed by atoms with Gasteiger partial charge in [-0.15, -0.1) is 10.2 Å². The first-order chi connectivity index (χ1) is 10.0. The van der Waals surface area contributed by atoms with Crippen molar-refractivity contribution < 1.29 is 13.6 Å². The van der Waals surface area contributed by atoms with Crippen molar-refractivity contribution in [3.05, 3.63) is 36.0 Å². The molecule has 2 aromatic rings. The average Bonchev–Trinajstić information content (AvgIpc) is 2.87. The van der Waals surface area contributed by atoms with E-state index in [1.54, 1.807) is 12.1 Å². The average molecular weight is 291 g/mol. The Bertz CT molecular complexity index is 593. The molecule has 0 fully saturated rings. The number of carbonyl (C=O) groups excluding carboxylic acids is 1. The molecule has 0 bridgehead atoms. The summed E-state index contributed by atoms with van der Waals surface area (Å²) in [6.07, 6.45) is 0.975. The maximum Gasteiger partial charge on any atom is 0.247 e. The summed E-state index contributed by atoms with van der Waals surface area (Å²) < 4.78 is 18.3. The van der Waals surface area contributed by atoms with Crippen LogP contribution in [0.1, 0.15) is 26.2 Å². The second kappa shape index (κ2) is 6.97. The fourth-order valence-electron chi connectivity index (χ4n) is 1.82. The lowest BCUT2D eigenvalue weighted by atomic mass is 10.1. The molecule has 0 saturated heterocycles. The van der Waals surface area contributed by atoms with Crippen LogP contribution in [0, 0.1) is 11.7 Å². The number of halogens is 1. The zero-order chi connectivity index (χ0) is 15.2. The maximum absolute atomic E-state index is 12.8. The molecule has 1 aromatic heterocycles. The van der Waals surface area contributed by atoms with Gasteiger partial charge in [-0.1, -0.05) is 13.8 Å². The highest BCUT2D eigenvalue weighted by atomic mass is 19.1. The van der Waals surface area contributed by atoms with Gasteiger partial charge < -0.3 is 9.73 Å². The molecule has 112 valence electrons. The molecule has 5 nitrogen and oxygen atoms in total. The van der Waals surface area contributed by atoms with Crippen molar-refractivity contribution in [1.82, 2.24) is 15.5 Å². The van der Waals surface area contributed by atoms with Crippen LogP contribution in [-0.4, -0.2) is 22.6 Å². The van der Waals surface area contributed by atoms with Gasteiger partial charge in [0.1, 0.15) is 5.82 Å². The number of hydrogen-bond acceptors (Lipinski definition) is 4. The number of nitrogens with one attached hydrogen (secondary N) is 1. The van der Waals surface area contributed by atoms with Crippen molar-refractivity contribution in [3.63, 3.8) is 0 Å². The fourth-order valence-corrected chi connectivity index (χ4v) is 1.82. The van der Waals surface area contributed by atoms with Gasteiger partial charge in [-0.3, -0.25) is 4.79 Å². The van der Waals surface area contributed by atoms with Crippen molar-refractivity contribution >= 4 is 5.91 Å². The van der Waals surface area contributed by atoms with Crippen LogP contribution in [0.3, 0.4) is 0 Å². The molecule has 0 aliphatic heterocycles. The van der Waals surface area contributed by atoms with E-state index in [2.05, 4.69) is 15.5 Å². The van der Waals surface area contributed by atoms with Gasteiger partial charge >= 0.3 is 0 Å². The molecule has 6 heteroatoms. The van der Waals surface area contributed by atoms with E-state index in [1.165, 1.54) is 12.1 Å². The standard InChI is InChI=1S/C15H18FN3O2/c1-10(2)9-13(20)17-8-7-14-18-19-15(21-14)11-3-5-12(16)6-4-11/h3-6,10H,7-9H2,1-2H3,(H,17,20). The van der Waals surface area contributed by atoms with Crippen LogP contribution >= 0.6 is 0 Å². The number of nitrogens with zero attached hydrogens (tertiary/aromatic N) is 2. The van der Waals surface area contributed by atoms with Crippen molar-refractivity contribution in [1.29, 1.82) is 0 Å². The summed E-state index contributed by atoms with van der Waals surface area (Å²) in [4.78, 5) is 11.5. The number of rotatable bonds is 6. The Hall–Kier alpha value is -2.24. The van der Waals surface area contributed by atoms with Gasteiger partial charge in [-0.25, -0.2) is 4.39 Å². The second-order valence-corrected chi connectivity index (χ2v) is 5.21. The molecule has 1 heterocycles. The van der Waals surface area contributed by atoms with Gasteiger partial charge in [0, 0.05) is 24.9 Å². The van der Waals surface area contributed by atoms with Crippen molar-refractivity contribution in [2.75, 3.05) is 6.54 Å². The van der Waals surface area contributed by atoms with Crippen molar-refractivity contribution in [2.45, 2.75) is 26.7 Å². The highest BCUT2D eigenvalue weighted by Crippen LogP contribution is 2.18. The van der Waals surface area contributed by atoms with Crippen LogP contribution in [0.5, 0.6) is 0 Å². The Morgan fingerprint density at radius 2 is 2.00 bits per heavy atom. The summed E-state index contributed by atoms with van der Waals surface area (Å²) in [6, 6.07) is 5.84. The van der Waals surface area contributed by atoms with Crippen LogP contribution in [0.15, 0.2) is 28.7 Å². The van der Waals surface area contributed by atoms with Gasteiger partial charge in [0.25, 0.3) is 0 Å². The van der Waals surface area contributed by atoms with Gasteiger partial charge in [-0.2, -0.15) is 0 Å². The van der Waals surface area contributed by atoms with Gasteiger partial charge in [0.05, 0.1) is 0 Å². The Morgan fingerprint density at radius 3 is 2.67 bits per heavy atom. The molecule has 1 N–H and O–H groups in total. The minimum Gasteiger partial charge on any atom is -0.421 e. The normalized spacial score (nSPS) is 10.9. The van der Waals surface area contributed by atoms with E-state index < -0.39 is 0 Å². The lowest BCUT2D eigenvalue weighted by molar-refractivity contribution is -0.121. The fraction of sp³-hybridized carbons (Fsp3) is 0.400. The number of aromatic nitrogens is 2. The summed E-state index contributed by atoms with van der Waals surface area (Å²) in [5.41, 5.74) is 0.666. The highest BCUT2D eigenvalue weighted by Gasteiger charge is 2.09. The lowest BCUT2D eigenvalue weighted by Crippen LogP contribution is -2.26. The van der Waals surface area contributed by atoms with E-state index in [1.807, 2.05) is 13.8 Å². The number of hydrogen-bond donors (Lipinski definition) is 1. The summed E-state index contributed by atoms with van der Waals surface area (Å²) in [5, 5.41) is 10.6. The zero-order valence-electron chi connectivity index (χ0n) is 12.1. The third-order valence-electron chi connectivity index (χ3n) is 2.81. The molecule has 0 radical (unpaired) electrons. The summed E-state index contributed by atoms with van der Waals surface area (Å²) in [5.74, 6) is 0.825. The predicted molar refractivity (Wildman–Crippen MR) is 75.9 cm³/mol. The van der Waals surface area contributed by atoms with E-state index in [9.17, 15) is 9.18 Å². The first kappa shape index (κ1) is 15.2. The summed E-state index contributed by atoms with van der Waals surface area (Å²) in [7, 11) is 0. The molecular formula is C15H18FN3O2. The predicted octanol–water partition coefficient (Wildman–Crippen LogP) is 2.58. The van der Waals surface area contributed by atoms with Crippen LogP contribution < -0.4 is 5.32 Å². The molecule has 1 amide bonds. The van der Waals surface area contributed by atoms with Crippen LogP contribution in [0.25, 0.3) is 11.5 Å². The zero-order valence-corrected chi connectivity index (χ0v) is 12.1. The van der Waals surface area contributed by atoms with E-state index in [4.69, 9.17) is 4.42 Å². The molecule has 2 rings (SSSR count). The molecule has 0 atom stereocenters. The minimum atomic E-state index is -0.314. The topological polar surface area (TPSA) is 68.0 Å². The molecule has 0 spiro atoms. The number of carbonyl (C=O) groups is 1. The van der Waals surface area contributed by atoms with Gasteiger partial charge in [-0.05, 0) is 30.2 Å². The molecule has 0 unspecified atom stereocenters. The Kier molecular flexibility index (Phi) is 5.03. The van der Waals surface area contributed by atoms with Gasteiger partial charge in [0.2, 0.25) is 17.7 Å². The van der Waals surface area contributed by atoms with Crippen LogP contribution in [0.2, 0.25) is 0 Å². The molecule has 21 heavy (non-hydrogen) atoms. The van der Waals surface area contributed by atoms with Gasteiger partial charge in [0.15, 0.2) is 0 Å². The Labute approximate surface area is 122 Å². The SMILES string of the molecule is CC(C)CC(=O)NCCc1nnc(-c2ccc(F)cc2)o1. The van der Waals surface area contributed by atoms with E-state index in [0.29, 0.717) is 42.6 Å². The largest absolute Gasteiger partial charge is 0.421 e. The molecular weight excluding hydrogens is 273 g/mol. The van der Waals surface area contributed by atoms with Crippen LogP contribution in [0.4, 0.5) is 4.39 Å². The quantitative estimate of drug-likeness (QED) is 0.888. The third-order valence-corrected chi connectivity index (χ3v) is 2.81. The summed E-state index contributed by atoms with van der Waals surface area (Å²) in [6.45, 7) is 4.44. The molecule has 0 aliphatic rings. The van der Waals surface area contributed by atoms with Crippen LogP contribution in [-0.2, 0) is 11.2 Å². The first-order valence-electron chi connectivity index (χ1n) is 6.89. The first-order valence-corrected chi connectivity index (χ1v) is 6.89. The second-order valence-electron chi connectivity index (χ2n) is 5.21. The summed E-state index contributed by atoms with van der Waals surface area (Å²) >= 11 is 0. The van der Waals surface area contributed by atoms with E-state index in [0.717, 1.165) is 0 Å². The molecule has 1 aromatic carbocycles. The highest BCUT2D eigenvalue weighted by molar-refractivity contribution is 5.76. The Balaban J connectivity index is 1.86. The minimum absolute atomic E-state index is 0.0169. The molecule has 0 saturated carbocycles. The van der Waals surface area contributed by atoms with Crippen molar-refractivity contribution in [2.24, 2.45) is 5.92 Å². The Morgan fingerprint density at radius 1 is 1.29 bits per heavy atom. The maximum atomic E-state index is 12.8. The third kappa shape index (κ3) is 4.66. The number of amides is 1. The monoisotopic (exact) mass is 291 g/mol. The molecule has 0 aliphatic carbocycles.